The average molecular weight is 206 g/mol. The molecule has 1 fully saturated rings. The first-order valence-corrected chi connectivity index (χ1v) is 4.83. The van der Waals surface area contributed by atoms with E-state index in [-0.39, 0.29) is 6.10 Å². The monoisotopic (exact) mass is 205 g/mol. The average Bonchev–Trinajstić information content (AvgIpc) is 2.49. The number of alkyl halides is 1. The highest BCUT2D eigenvalue weighted by Gasteiger charge is 2.40. The van der Waals surface area contributed by atoms with Gasteiger partial charge < -0.3 is 14.7 Å². The molecule has 0 saturated carbocycles. The molecule has 1 unspecified atom stereocenters. The first-order valence-electron chi connectivity index (χ1n) is 4.29. The highest BCUT2D eigenvalue weighted by atomic mass is 35.5. The van der Waals surface area contributed by atoms with E-state index in [1.807, 2.05) is 0 Å². The molecule has 0 aromatic heterocycles. The van der Waals surface area contributed by atoms with Crippen LogP contribution in [0.15, 0.2) is 5.16 Å². The number of hydrogen-bond acceptors (Lipinski definition) is 4. The third kappa shape index (κ3) is 1.95. The van der Waals surface area contributed by atoms with Gasteiger partial charge in [-0.25, -0.2) is 0 Å². The van der Waals surface area contributed by atoms with Crippen LogP contribution in [0, 0.1) is 0 Å². The van der Waals surface area contributed by atoms with Crippen molar-refractivity contribution in [3.05, 3.63) is 0 Å². The summed E-state index contributed by atoms with van der Waals surface area (Å²) in [6, 6.07) is 0. The predicted octanol–water partition coefficient (Wildman–Crippen LogP) is 0.522. The van der Waals surface area contributed by atoms with Crippen molar-refractivity contribution in [3.63, 3.8) is 0 Å². The maximum absolute atomic E-state index is 9.74. The van der Waals surface area contributed by atoms with Crippen molar-refractivity contribution in [2.45, 2.75) is 24.5 Å². The van der Waals surface area contributed by atoms with E-state index in [4.69, 9.17) is 21.2 Å². The number of rotatable bonds is 3. The zero-order valence-electron chi connectivity index (χ0n) is 7.20. The van der Waals surface area contributed by atoms with Crippen LogP contribution in [0.2, 0.25) is 0 Å². The summed E-state index contributed by atoms with van der Waals surface area (Å²) in [5, 5.41) is 13.6. The Hall–Kier alpha value is -0.320. The Balaban J connectivity index is 1.79. The van der Waals surface area contributed by atoms with Crippen LogP contribution >= 0.6 is 11.6 Å². The summed E-state index contributed by atoms with van der Waals surface area (Å²) in [6.07, 6.45) is 1.28. The second-order valence-electron chi connectivity index (χ2n) is 3.64. The third-order valence-corrected chi connectivity index (χ3v) is 2.61. The highest BCUT2D eigenvalue weighted by Crippen LogP contribution is 2.27. The molecule has 2 heterocycles. The first-order chi connectivity index (χ1) is 6.22. The van der Waals surface area contributed by atoms with Gasteiger partial charge in [-0.1, -0.05) is 5.16 Å². The van der Waals surface area contributed by atoms with Gasteiger partial charge in [0.1, 0.15) is 11.7 Å². The fourth-order valence-electron chi connectivity index (χ4n) is 1.55. The van der Waals surface area contributed by atoms with Crippen LogP contribution in [-0.2, 0) is 9.57 Å². The van der Waals surface area contributed by atoms with E-state index >= 15 is 0 Å². The van der Waals surface area contributed by atoms with Gasteiger partial charge >= 0.3 is 0 Å². The molecule has 0 aliphatic carbocycles. The Kier molecular flexibility index (Phi) is 2.45. The summed E-state index contributed by atoms with van der Waals surface area (Å²) in [7, 11) is 0. The zero-order valence-corrected chi connectivity index (χ0v) is 7.96. The summed E-state index contributed by atoms with van der Waals surface area (Å²) in [5.74, 6) is 0.408. The van der Waals surface area contributed by atoms with Gasteiger partial charge in [-0.05, 0) is 0 Å². The molecule has 0 aromatic rings. The fraction of sp³-hybridized carbons (Fsp3) is 0.875. The number of ether oxygens (including phenoxy) is 1. The van der Waals surface area contributed by atoms with E-state index in [2.05, 4.69) is 5.16 Å². The zero-order chi connectivity index (χ0) is 9.31. The quantitative estimate of drug-likeness (QED) is 0.684. The van der Waals surface area contributed by atoms with Gasteiger partial charge in [0.25, 0.3) is 0 Å². The Bertz CT molecular complexity index is 227. The third-order valence-electron chi connectivity index (χ3n) is 2.30. The minimum Gasteiger partial charge on any atom is -0.392 e. The van der Waals surface area contributed by atoms with E-state index in [0.29, 0.717) is 25.5 Å². The number of halogens is 1. The van der Waals surface area contributed by atoms with Crippen molar-refractivity contribution in [3.8, 4) is 0 Å². The number of nitrogens with zero attached hydrogens (tertiary/aromatic N) is 1. The smallest absolute Gasteiger partial charge is 0.135 e. The molecular weight excluding hydrogens is 194 g/mol. The van der Waals surface area contributed by atoms with Crippen molar-refractivity contribution in [1.29, 1.82) is 0 Å². The van der Waals surface area contributed by atoms with E-state index in [1.165, 1.54) is 0 Å². The van der Waals surface area contributed by atoms with Crippen LogP contribution in [0.25, 0.3) is 0 Å². The topological polar surface area (TPSA) is 51.1 Å². The molecule has 0 spiro atoms. The Morgan fingerprint density at radius 2 is 2.38 bits per heavy atom. The van der Waals surface area contributed by atoms with Crippen LogP contribution in [0.3, 0.4) is 0 Å². The summed E-state index contributed by atoms with van der Waals surface area (Å²) in [6.45, 7) is 0.812. The molecule has 13 heavy (non-hydrogen) atoms. The maximum Gasteiger partial charge on any atom is 0.135 e. The molecule has 1 atom stereocenters. The lowest BCUT2D eigenvalue weighted by Crippen LogP contribution is -2.51. The molecule has 2 aliphatic rings. The van der Waals surface area contributed by atoms with Gasteiger partial charge in [0, 0.05) is 12.8 Å². The Labute approximate surface area is 81.5 Å². The molecule has 0 amide bonds. The fourth-order valence-corrected chi connectivity index (χ4v) is 1.71. The summed E-state index contributed by atoms with van der Waals surface area (Å²) in [4.78, 5) is 5.12. The van der Waals surface area contributed by atoms with Crippen LogP contribution in [-0.4, -0.2) is 41.6 Å². The van der Waals surface area contributed by atoms with Gasteiger partial charge in [0.05, 0.1) is 24.8 Å². The normalized spacial score (nSPS) is 30.6. The van der Waals surface area contributed by atoms with E-state index in [0.717, 1.165) is 12.1 Å². The Morgan fingerprint density at radius 1 is 1.62 bits per heavy atom. The molecule has 0 aromatic carbocycles. The Morgan fingerprint density at radius 3 is 2.85 bits per heavy atom. The minimum atomic E-state index is -0.693. The number of hydrogen-bond donors (Lipinski definition) is 1. The van der Waals surface area contributed by atoms with Gasteiger partial charge in [-0.3, -0.25) is 0 Å². The van der Waals surface area contributed by atoms with Gasteiger partial charge in [-0.15, -0.1) is 11.6 Å². The maximum atomic E-state index is 9.74. The highest BCUT2D eigenvalue weighted by molar-refractivity contribution is 6.28. The lowest BCUT2D eigenvalue weighted by Gasteiger charge is -2.37. The minimum absolute atomic E-state index is 0.0253. The molecular formula is C8H12ClNO3. The van der Waals surface area contributed by atoms with E-state index in [9.17, 15) is 5.11 Å². The van der Waals surface area contributed by atoms with Crippen LogP contribution in [0.1, 0.15) is 12.8 Å². The van der Waals surface area contributed by atoms with Crippen molar-refractivity contribution in [1.82, 2.24) is 0 Å². The summed E-state index contributed by atoms with van der Waals surface area (Å²) in [5.41, 5.74) is 0.164. The molecule has 0 bridgehead atoms. The predicted molar refractivity (Wildman–Crippen MR) is 48.0 cm³/mol. The summed E-state index contributed by atoms with van der Waals surface area (Å²) < 4.78 is 4.93. The molecule has 2 aliphatic heterocycles. The van der Waals surface area contributed by atoms with Crippen molar-refractivity contribution < 1.29 is 14.7 Å². The van der Waals surface area contributed by atoms with Crippen molar-refractivity contribution in [2.75, 3.05) is 19.1 Å². The first kappa shape index (κ1) is 9.24. The van der Waals surface area contributed by atoms with Crippen molar-refractivity contribution >= 4 is 17.3 Å². The molecule has 74 valence electrons. The second-order valence-corrected chi connectivity index (χ2v) is 3.91. The molecule has 4 nitrogen and oxygen atoms in total. The van der Waals surface area contributed by atoms with E-state index < -0.39 is 5.60 Å². The second kappa shape index (κ2) is 3.44. The van der Waals surface area contributed by atoms with Crippen LogP contribution in [0.4, 0.5) is 0 Å². The largest absolute Gasteiger partial charge is 0.392 e. The van der Waals surface area contributed by atoms with Crippen LogP contribution < -0.4 is 0 Å². The molecule has 1 saturated heterocycles. The lowest BCUT2D eigenvalue weighted by molar-refractivity contribution is -0.193. The molecule has 5 heteroatoms. The van der Waals surface area contributed by atoms with Crippen molar-refractivity contribution in [2.24, 2.45) is 5.16 Å². The summed E-state index contributed by atoms with van der Waals surface area (Å²) >= 11 is 5.59. The molecule has 2 rings (SSSR count). The van der Waals surface area contributed by atoms with Gasteiger partial charge in [0.2, 0.25) is 0 Å². The van der Waals surface area contributed by atoms with Crippen LogP contribution in [0.5, 0.6) is 0 Å². The standard InChI is InChI=1S/C8H12ClNO3/c9-3-6-1-7(13-10-6)2-8(11)4-12-5-8/h7,11H,1-5H2. The van der Waals surface area contributed by atoms with Gasteiger partial charge in [0.15, 0.2) is 0 Å². The number of oxime groups is 1. The molecule has 1 N–H and O–H groups in total. The molecule has 0 radical (unpaired) electrons. The SMILES string of the molecule is OC1(CC2CC(CCl)=NO2)COC1. The van der Waals surface area contributed by atoms with Gasteiger partial charge in [-0.2, -0.15) is 0 Å². The lowest BCUT2D eigenvalue weighted by atomic mass is 9.93. The van der Waals surface area contributed by atoms with E-state index in [1.54, 1.807) is 0 Å². The number of aliphatic hydroxyl groups is 1.